The van der Waals surface area contributed by atoms with Crippen LogP contribution in [0.25, 0.3) is 0 Å². The largest absolute Gasteiger partial charge is 0.467 e. The highest BCUT2D eigenvalue weighted by molar-refractivity contribution is 6.30. The van der Waals surface area contributed by atoms with Gasteiger partial charge in [0.05, 0.1) is 6.54 Å². The molecule has 0 heterocycles. The molecule has 0 spiro atoms. The molecule has 0 aliphatic heterocycles. The number of nitrogens with one attached hydrogen (secondary N) is 1. The van der Waals surface area contributed by atoms with E-state index in [0.29, 0.717) is 0 Å². The van der Waals surface area contributed by atoms with Gasteiger partial charge in [-0.25, -0.2) is 0 Å². The molecule has 0 aliphatic carbocycles. The summed E-state index contributed by atoms with van der Waals surface area (Å²) in [6.07, 6.45) is 0. The van der Waals surface area contributed by atoms with Crippen LogP contribution in [0.3, 0.4) is 0 Å². The van der Waals surface area contributed by atoms with Crippen LogP contribution in [0.5, 0.6) is 0 Å². The van der Waals surface area contributed by atoms with Gasteiger partial charge >= 0.3 is 0 Å². The molecule has 0 amide bonds. The van der Waals surface area contributed by atoms with Crippen molar-refractivity contribution in [2.45, 2.75) is 6.54 Å². The summed E-state index contributed by atoms with van der Waals surface area (Å²) in [5, 5.41) is 0.795. The van der Waals surface area contributed by atoms with Crippen LogP contribution in [-0.4, -0.2) is 7.05 Å². The van der Waals surface area contributed by atoms with E-state index in [1.807, 2.05) is 25.2 Å². The molecule has 0 saturated heterocycles. The number of hydrogen-bond donors (Lipinski definition) is 1. The Morgan fingerprint density at radius 3 is 2.82 bits per heavy atom. The molecule has 1 nitrogen and oxygen atoms in total. The Kier molecular flexibility index (Phi) is 2.92. The first-order chi connectivity index (χ1) is 5.18. The molecule has 0 radical (unpaired) electrons. The van der Waals surface area contributed by atoms with Crippen LogP contribution in [0.1, 0.15) is 5.56 Å². The lowest BCUT2D eigenvalue weighted by Gasteiger charge is -2.13. The van der Waals surface area contributed by atoms with Gasteiger partial charge in [-0.2, -0.15) is 7.05 Å². The quantitative estimate of drug-likeness (QED) is 0.634. The zero-order valence-corrected chi connectivity index (χ0v) is 7.36. The van der Waals surface area contributed by atoms with E-state index < -0.39 is 0 Å². The molecule has 1 N–H and O–H groups in total. The first kappa shape index (κ1) is 8.57. The topological polar surface area (TPSA) is 4.44 Å². The second-order valence-corrected chi connectivity index (χ2v) is 3.20. The molecule has 0 saturated carbocycles. The zero-order chi connectivity index (χ0) is 8.27. The molecule has 1 unspecified atom stereocenters. The van der Waals surface area contributed by atoms with Gasteiger partial charge in [-0.3, -0.25) is 0 Å². The van der Waals surface area contributed by atoms with Gasteiger partial charge in [0.15, 0.2) is 0 Å². The summed E-state index contributed by atoms with van der Waals surface area (Å²) in [5.74, 6) is 0. The molecule has 0 aromatic heterocycles. The third-order valence-corrected chi connectivity index (χ3v) is 1.63. The lowest BCUT2D eigenvalue weighted by Crippen LogP contribution is -3.01. The Bertz CT molecular complexity index is 233. The van der Waals surface area contributed by atoms with Gasteiger partial charge in [0.25, 0.3) is 0 Å². The standard InChI is InChI=1S/C9H12ClN/c1-11(2)7-8-4-3-5-9(10)6-8/h3-6,11H,1,7H2,2H3. The summed E-state index contributed by atoms with van der Waals surface area (Å²) < 4.78 is 0. The summed E-state index contributed by atoms with van der Waals surface area (Å²) in [6.45, 7) is 0.917. The van der Waals surface area contributed by atoms with Gasteiger partial charge in [-0.1, -0.05) is 23.7 Å². The molecule has 1 aromatic carbocycles. The number of quaternary nitrogens is 1. The van der Waals surface area contributed by atoms with E-state index in [4.69, 9.17) is 11.6 Å². The third kappa shape index (κ3) is 2.91. The van der Waals surface area contributed by atoms with Gasteiger partial charge in [0.1, 0.15) is 0 Å². The molecular weight excluding hydrogens is 158 g/mol. The van der Waals surface area contributed by atoms with Crippen molar-refractivity contribution in [1.82, 2.24) is 0 Å². The average Bonchev–Trinajstić information content (AvgIpc) is 1.85. The van der Waals surface area contributed by atoms with Gasteiger partial charge in [-0.05, 0) is 12.1 Å². The van der Waals surface area contributed by atoms with E-state index in [-0.39, 0.29) is 0 Å². The summed E-state index contributed by atoms with van der Waals surface area (Å²) in [6, 6.07) is 7.86. The summed E-state index contributed by atoms with van der Waals surface area (Å²) >= 11 is 5.80. The first-order valence-electron chi connectivity index (χ1n) is 3.57. The number of benzene rings is 1. The van der Waals surface area contributed by atoms with Crippen LogP contribution in [0.2, 0.25) is 5.02 Å². The predicted molar refractivity (Wildman–Crippen MR) is 47.4 cm³/mol. The highest BCUT2D eigenvalue weighted by Crippen LogP contribution is 2.09. The van der Waals surface area contributed by atoms with Gasteiger partial charge in [0.2, 0.25) is 0 Å². The van der Waals surface area contributed by atoms with Crippen LogP contribution < -0.4 is 4.90 Å². The Morgan fingerprint density at radius 1 is 1.55 bits per heavy atom. The van der Waals surface area contributed by atoms with Gasteiger partial charge < -0.3 is 4.90 Å². The highest BCUT2D eigenvalue weighted by Gasteiger charge is 1.94. The molecule has 0 fully saturated rings. The smallest absolute Gasteiger partial charge is 0.0786 e. The highest BCUT2D eigenvalue weighted by atomic mass is 35.5. The molecule has 1 aromatic rings. The average molecular weight is 170 g/mol. The Balaban J connectivity index is 2.71. The third-order valence-electron chi connectivity index (χ3n) is 1.39. The van der Waals surface area contributed by atoms with E-state index in [0.717, 1.165) is 16.5 Å². The fourth-order valence-electron chi connectivity index (χ4n) is 0.995. The minimum Gasteiger partial charge on any atom is -0.467 e. The molecule has 1 atom stereocenters. The van der Waals surface area contributed by atoms with Crippen molar-refractivity contribution in [1.29, 1.82) is 0 Å². The maximum Gasteiger partial charge on any atom is 0.0786 e. The fraction of sp³-hybridized carbons (Fsp3) is 0.222. The van der Waals surface area contributed by atoms with Gasteiger partial charge in [0, 0.05) is 17.6 Å². The van der Waals surface area contributed by atoms with E-state index in [2.05, 4.69) is 13.1 Å². The molecule has 60 valence electrons. The second-order valence-electron chi connectivity index (χ2n) is 2.76. The van der Waals surface area contributed by atoms with Crippen molar-refractivity contribution in [3.05, 3.63) is 41.9 Å². The number of rotatable bonds is 2. The van der Waals surface area contributed by atoms with E-state index in [9.17, 15) is 0 Å². The Morgan fingerprint density at radius 2 is 2.27 bits per heavy atom. The second kappa shape index (κ2) is 3.74. The molecule has 0 aliphatic rings. The normalized spacial score (nSPS) is 13.0. The minimum atomic E-state index is 0.795. The summed E-state index contributed by atoms with van der Waals surface area (Å²) in [7, 11) is 5.85. The lowest BCUT2D eigenvalue weighted by molar-refractivity contribution is -0.846. The minimum absolute atomic E-state index is 0.795. The SMILES string of the molecule is [CH2-][NH+](C)Cc1cccc(Cl)c1. The van der Waals surface area contributed by atoms with Crippen molar-refractivity contribution in [2.75, 3.05) is 7.05 Å². The lowest BCUT2D eigenvalue weighted by atomic mass is 10.2. The van der Waals surface area contributed by atoms with Crippen LogP contribution in [0, 0.1) is 7.05 Å². The maximum absolute atomic E-state index is 5.80. The molecular formula is C9H12ClN. The number of hydrogen-bond acceptors (Lipinski definition) is 0. The van der Waals surface area contributed by atoms with E-state index >= 15 is 0 Å². The van der Waals surface area contributed by atoms with Gasteiger partial charge in [-0.15, -0.1) is 0 Å². The first-order valence-corrected chi connectivity index (χ1v) is 3.95. The van der Waals surface area contributed by atoms with Crippen molar-refractivity contribution in [3.63, 3.8) is 0 Å². The Labute approximate surface area is 72.6 Å². The van der Waals surface area contributed by atoms with E-state index in [1.165, 1.54) is 5.56 Å². The molecule has 1 rings (SSSR count). The van der Waals surface area contributed by atoms with Crippen molar-refractivity contribution >= 4 is 11.6 Å². The van der Waals surface area contributed by atoms with Crippen molar-refractivity contribution < 1.29 is 4.90 Å². The molecule has 2 heteroatoms. The molecule has 0 bridgehead atoms. The van der Waals surface area contributed by atoms with Crippen LogP contribution in [0.4, 0.5) is 0 Å². The van der Waals surface area contributed by atoms with E-state index in [1.54, 1.807) is 0 Å². The fourth-order valence-corrected chi connectivity index (χ4v) is 1.21. The van der Waals surface area contributed by atoms with Crippen LogP contribution in [0.15, 0.2) is 24.3 Å². The zero-order valence-electron chi connectivity index (χ0n) is 6.60. The number of halogens is 1. The monoisotopic (exact) mass is 169 g/mol. The Hall–Kier alpha value is -0.530. The van der Waals surface area contributed by atoms with Crippen molar-refractivity contribution in [3.8, 4) is 0 Å². The van der Waals surface area contributed by atoms with Crippen molar-refractivity contribution in [2.24, 2.45) is 0 Å². The maximum atomic E-state index is 5.80. The summed E-state index contributed by atoms with van der Waals surface area (Å²) in [5.41, 5.74) is 1.23. The molecule has 11 heavy (non-hydrogen) atoms. The van der Waals surface area contributed by atoms with Crippen LogP contribution >= 0.6 is 11.6 Å². The predicted octanol–water partition coefficient (Wildman–Crippen LogP) is 1.15. The summed E-state index contributed by atoms with van der Waals surface area (Å²) in [4.78, 5) is 1.16. The van der Waals surface area contributed by atoms with Crippen LogP contribution in [-0.2, 0) is 6.54 Å².